The van der Waals surface area contributed by atoms with Gasteiger partial charge < -0.3 is 24.4 Å². The van der Waals surface area contributed by atoms with Crippen LogP contribution in [0.25, 0.3) is 0 Å². The molecule has 9 heteroatoms. The molecule has 1 heterocycles. The van der Waals surface area contributed by atoms with Crippen LogP contribution in [0.2, 0.25) is 0 Å². The van der Waals surface area contributed by atoms with Crippen LogP contribution < -0.4 is 0 Å². The van der Waals surface area contributed by atoms with Gasteiger partial charge in [0, 0.05) is 35.8 Å². The Bertz CT molecular complexity index is 973. The highest BCUT2D eigenvalue weighted by Gasteiger charge is 2.57. The highest BCUT2D eigenvalue weighted by atomic mass is 16.6. The Balaban J connectivity index is 1.81. The number of fused-ring (bicyclic) bond motifs is 3. The van der Waals surface area contributed by atoms with Crippen molar-refractivity contribution in [2.75, 3.05) is 19.8 Å². The highest BCUT2D eigenvalue weighted by Crippen LogP contribution is 2.52. The van der Waals surface area contributed by atoms with Gasteiger partial charge in [0.05, 0.1) is 24.7 Å². The molecule has 6 atom stereocenters. The van der Waals surface area contributed by atoms with Gasteiger partial charge in [-0.3, -0.25) is 4.79 Å². The quantitative estimate of drug-likeness (QED) is 0.241. The molecule has 2 N–H and O–H groups in total. The van der Waals surface area contributed by atoms with Crippen molar-refractivity contribution >= 4 is 23.7 Å². The number of ether oxygens (including phenoxy) is 3. The van der Waals surface area contributed by atoms with Crippen LogP contribution in [0.5, 0.6) is 0 Å². The lowest BCUT2D eigenvalue weighted by Gasteiger charge is -2.29. The molecule has 0 aromatic heterocycles. The number of hydrogen-bond donors (Lipinski definition) is 2. The van der Waals surface area contributed by atoms with Crippen molar-refractivity contribution in [3.8, 4) is 0 Å². The van der Waals surface area contributed by atoms with Crippen molar-refractivity contribution in [1.82, 2.24) is 0 Å². The van der Waals surface area contributed by atoms with Crippen molar-refractivity contribution in [3.63, 3.8) is 0 Å². The molecule has 0 radical (unpaired) electrons. The number of ketones is 1. The molecule has 3 fully saturated rings. The molecule has 0 bridgehead atoms. The predicted octanol–water partition coefficient (Wildman–Crippen LogP) is 1.20. The van der Waals surface area contributed by atoms with Crippen LogP contribution in [0.1, 0.15) is 26.7 Å². The van der Waals surface area contributed by atoms with E-state index in [-0.39, 0.29) is 53.3 Å². The van der Waals surface area contributed by atoms with Crippen molar-refractivity contribution in [3.05, 3.63) is 47.6 Å². The van der Waals surface area contributed by atoms with Gasteiger partial charge in [-0.15, -0.1) is 0 Å². The molecule has 2 saturated carbocycles. The van der Waals surface area contributed by atoms with Crippen LogP contribution in [-0.4, -0.2) is 65.9 Å². The highest BCUT2D eigenvalue weighted by molar-refractivity contribution is 5.93. The lowest BCUT2D eigenvalue weighted by Crippen LogP contribution is -2.38. The largest absolute Gasteiger partial charge is 0.458 e. The van der Waals surface area contributed by atoms with Crippen molar-refractivity contribution in [2.45, 2.75) is 38.9 Å². The monoisotopic (exact) mass is 474 g/mol. The summed E-state index contributed by atoms with van der Waals surface area (Å²) in [6.45, 7) is 9.95. The molecule has 34 heavy (non-hydrogen) atoms. The first-order valence-electron chi connectivity index (χ1n) is 11.2. The van der Waals surface area contributed by atoms with Gasteiger partial charge in [0.25, 0.3) is 0 Å². The number of esters is 3. The Hall–Kier alpha value is -3.04. The van der Waals surface area contributed by atoms with E-state index in [2.05, 4.69) is 13.2 Å². The first-order chi connectivity index (χ1) is 16.1. The fourth-order valence-corrected chi connectivity index (χ4v) is 5.05. The van der Waals surface area contributed by atoms with Gasteiger partial charge in [-0.1, -0.05) is 25.7 Å². The molecule has 184 valence electrons. The second-order valence-corrected chi connectivity index (χ2v) is 8.93. The Morgan fingerprint density at radius 3 is 2.44 bits per heavy atom. The summed E-state index contributed by atoms with van der Waals surface area (Å²) >= 11 is 0. The number of aliphatic hydroxyl groups is 2. The van der Waals surface area contributed by atoms with Crippen LogP contribution in [0, 0.1) is 23.7 Å². The zero-order valence-corrected chi connectivity index (χ0v) is 19.3. The first kappa shape index (κ1) is 25.6. The minimum Gasteiger partial charge on any atom is -0.458 e. The van der Waals surface area contributed by atoms with E-state index in [1.165, 1.54) is 19.1 Å². The summed E-state index contributed by atoms with van der Waals surface area (Å²) < 4.78 is 16.5. The summed E-state index contributed by atoms with van der Waals surface area (Å²) in [5, 5.41) is 18.2. The summed E-state index contributed by atoms with van der Waals surface area (Å²) in [5.41, 5.74) is 0.989. The Kier molecular flexibility index (Phi) is 7.89. The number of rotatable bonds is 7. The third-order valence-electron chi connectivity index (χ3n) is 6.94. The summed E-state index contributed by atoms with van der Waals surface area (Å²) in [6, 6.07) is 0. The molecule has 9 nitrogen and oxygen atoms in total. The average molecular weight is 475 g/mol. The molecule has 1 aliphatic heterocycles. The zero-order valence-electron chi connectivity index (χ0n) is 19.3. The number of carbonyl (C=O) groups excluding carboxylic acids is 4. The van der Waals surface area contributed by atoms with Crippen LogP contribution in [0.15, 0.2) is 47.6 Å². The van der Waals surface area contributed by atoms with Crippen molar-refractivity contribution in [2.24, 2.45) is 23.7 Å². The number of aliphatic hydroxyl groups excluding tert-OH is 2. The van der Waals surface area contributed by atoms with E-state index in [1.54, 1.807) is 0 Å². The van der Waals surface area contributed by atoms with Gasteiger partial charge in [0.15, 0.2) is 0 Å². The van der Waals surface area contributed by atoms with E-state index in [9.17, 15) is 24.3 Å². The van der Waals surface area contributed by atoms with Crippen molar-refractivity contribution < 1.29 is 43.6 Å². The normalized spacial score (nSPS) is 31.5. The molecule has 0 amide bonds. The summed E-state index contributed by atoms with van der Waals surface area (Å²) in [5.74, 6) is -3.50. The third kappa shape index (κ3) is 4.90. The van der Waals surface area contributed by atoms with Crippen LogP contribution >= 0.6 is 0 Å². The lowest BCUT2D eigenvalue weighted by molar-refractivity contribution is -0.150. The van der Waals surface area contributed by atoms with Gasteiger partial charge in [-0.2, -0.15) is 0 Å². The summed E-state index contributed by atoms with van der Waals surface area (Å²) in [7, 11) is 0. The maximum Gasteiger partial charge on any atom is 0.337 e. The molecule has 0 aromatic rings. The molecule has 0 unspecified atom stereocenters. The smallest absolute Gasteiger partial charge is 0.337 e. The molecular weight excluding hydrogens is 444 g/mol. The maximum absolute atomic E-state index is 13.0. The Morgan fingerprint density at radius 2 is 1.79 bits per heavy atom. The second-order valence-electron chi connectivity index (χ2n) is 8.93. The van der Waals surface area contributed by atoms with E-state index >= 15 is 0 Å². The molecule has 0 aromatic carbocycles. The maximum atomic E-state index is 13.0. The fraction of sp³-hybridized carbons (Fsp3) is 0.520. The van der Waals surface area contributed by atoms with Crippen LogP contribution in [0.3, 0.4) is 0 Å². The van der Waals surface area contributed by atoms with Gasteiger partial charge in [-0.25, -0.2) is 14.4 Å². The van der Waals surface area contributed by atoms with E-state index in [4.69, 9.17) is 19.3 Å². The fourth-order valence-electron chi connectivity index (χ4n) is 5.05. The molecule has 2 aliphatic carbocycles. The predicted molar refractivity (Wildman–Crippen MR) is 119 cm³/mol. The molecule has 3 aliphatic rings. The molecule has 1 saturated heterocycles. The SMILES string of the molecule is C=C1C(=O)O[C@H]2[C@@H]1[C@H](OC(=O)/C(=C/CO)COC(=O)/C(C)=C/CO)CC(=C)[C@@H]1CC(=O)[C@@H](C)[C@H]21. The van der Waals surface area contributed by atoms with Gasteiger partial charge in [0.1, 0.15) is 24.6 Å². The van der Waals surface area contributed by atoms with Gasteiger partial charge in [-0.05, 0) is 25.0 Å². The lowest BCUT2D eigenvalue weighted by atomic mass is 9.79. The molecular formula is C25H30O9. The Labute approximate surface area is 197 Å². The number of hydrogen-bond acceptors (Lipinski definition) is 9. The Morgan fingerprint density at radius 1 is 1.12 bits per heavy atom. The topological polar surface area (TPSA) is 136 Å². The van der Waals surface area contributed by atoms with E-state index in [1.807, 2.05) is 6.92 Å². The number of Topliss-reactive ketones (excluding diaryl/α,β-unsaturated/α-hetero) is 1. The van der Waals surface area contributed by atoms with E-state index in [0.717, 1.165) is 5.57 Å². The van der Waals surface area contributed by atoms with Crippen molar-refractivity contribution in [1.29, 1.82) is 0 Å². The molecule has 3 rings (SSSR count). The zero-order chi connectivity index (χ0) is 25.2. The van der Waals surface area contributed by atoms with Gasteiger partial charge in [0.2, 0.25) is 0 Å². The first-order valence-corrected chi connectivity index (χ1v) is 11.2. The minimum absolute atomic E-state index is 0.0828. The van der Waals surface area contributed by atoms with Crippen LogP contribution in [0.4, 0.5) is 0 Å². The van der Waals surface area contributed by atoms with Gasteiger partial charge >= 0.3 is 17.9 Å². The van der Waals surface area contributed by atoms with Crippen LogP contribution in [-0.2, 0) is 33.4 Å². The number of carbonyl (C=O) groups is 4. The van der Waals surface area contributed by atoms with E-state index < -0.39 is 49.2 Å². The summed E-state index contributed by atoms with van der Waals surface area (Å²) in [6.07, 6.45) is 1.45. The third-order valence-corrected chi connectivity index (χ3v) is 6.94. The van der Waals surface area contributed by atoms with E-state index in [0.29, 0.717) is 6.42 Å². The summed E-state index contributed by atoms with van der Waals surface area (Å²) in [4.78, 5) is 49.8. The molecule has 0 spiro atoms. The minimum atomic E-state index is -0.828. The standard InChI is InChI=1S/C25H30O9/c1-12(5-7-26)23(29)32-11-16(6-8-27)25(31)33-19-9-13(2)17-10-18(28)14(3)20(17)22-21(19)15(4)24(30)34-22/h5-6,14,17,19-22,26-27H,2,4,7-11H2,1,3H3/b12-5+,16-6+/t14-,17+,19-,20+,21+,22-/m1/s1. The average Bonchev–Trinajstić information content (AvgIpc) is 3.21. The second kappa shape index (κ2) is 10.5.